The molecule has 0 aliphatic carbocycles. The summed E-state index contributed by atoms with van der Waals surface area (Å²) in [6, 6.07) is 45.1. The van der Waals surface area contributed by atoms with Crippen LogP contribution in [0, 0.1) is 0 Å². The SMILES string of the molecule is COc1nn(-c2cc(Oc3ccc4c5ccccc5n(-c5cc(C(C)(C)C)ccn5)c4c3)cc(C(C)C)c2)c(Oc2ccccc2)c1-c1ccccc1. The number of para-hydroxylation sites is 2. The van der Waals surface area contributed by atoms with Gasteiger partial charge in [-0.25, -0.2) is 4.98 Å². The largest absolute Gasteiger partial charge is 0.479 e. The molecule has 7 nitrogen and oxygen atoms in total. The maximum absolute atomic E-state index is 6.76. The van der Waals surface area contributed by atoms with Crippen LogP contribution in [0.4, 0.5) is 0 Å². The number of methoxy groups -OCH3 is 1. The average Bonchev–Trinajstić information content (AvgIpc) is 3.70. The Morgan fingerprint density at radius 3 is 2.09 bits per heavy atom. The van der Waals surface area contributed by atoms with E-state index in [0.717, 1.165) is 50.0 Å². The predicted octanol–water partition coefficient (Wildman–Crippen LogP) is 12.0. The highest BCUT2D eigenvalue weighted by Gasteiger charge is 2.25. The molecule has 0 radical (unpaired) electrons. The summed E-state index contributed by atoms with van der Waals surface area (Å²) in [5.74, 6) is 4.18. The van der Waals surface area contributed by atoms with E-state index in [-0.39, 0.29) is 11.3 Å². The number of hydrogen-bond donors (Lipinski definition) is 0. The Balaban J connectivity index is 1.26. The monoisotopic (exact) mass is 698 g/mol. The van der Waals surface area contributed by atoms with Crippen LogP contribution in [-0.4, -0.2) is 26.4 Å². The highest BCUT2D eigenvalue weighted by atomic mass is 16.5. The number of fused-ring (bicyclic) bond motifs is 3. The molecule has 0 saturated carbocycles. The molecule has 5 aromatic carbocycles. The molecule has 0 atom stereocenters. The maximum Gasteiger partial charge on any atom is 0.245 e. The Hall–Kier alpha value is -6.34. The molecular formula is C46H42N4O3. The molecule has 0 aliphatic rings. The van der Waals surface area contributed by atoms with Crippen molar-refractivity contribution in [1.29, 1.82) is 0 Å². The third-order valence-electron chi connectivity index (χ3n) is 9.57. The fraction of sp³-hybridized carbons (Fsp3) is 0.174. The predicted molar refractivity (Wildman–Crippen MR) is 214 cm³/mol. The smallest absolute Gasteiger partial charge is 0.245 e. The molecule has 0 bridgehead atoms. The highest BCUT2D eigenvalue weighted by molar-refractivity contribution is 6.09. The Morgan fingerprint density at radius 2 is 1.36 bits per heavy atom. The van der Waals surface area contributed by atoms with E-state index in [2.05, 4.69) is 99.8 Å². The number of rotatable bonds is 9. The van der Waals surface area contributed by atoms with E-state index in [1.807, 2.05) is 83.7 Å². The normalized spacial score (nSPS) is 11.8. The second kappa shape index (κ2) is 13.7. The first kappa shape index (κ1) is 33.8. The zero-order valence-corrected chi connectivity index (χ0v) is 30.9. The van der Waals surface area contributed by atoms with Crippen LogP contribution in [0.25, 0.3) is 44.4 Å². The molecule has 0 N–H and O–H groups in total. The average molecular weight is 699 g/mol. The Morgan fingerprint density at radius 1 is 0.642 bits per heavy atom. The second-order valence-electron chi connectivity index (χ2n) is 14.6. The van der Waals surface area contributed by atoms with E-state index >= 15 is 0 Å². The molecular weight excluding hydrogens is 657 g/mol. The summed E-state index contributed by atoms with van der Waals surface area (Å²) < 4.78 is 23.3. The first-order valence-electron chi connectivity index (χ1n) is 18.0. The van der Waals surface area contributed by atoms with Crippen molar-refractivity contribution >= 4 is 21.8 Å². The first-order chi connectivity index (χ1) is 25.7. The van der Waals surface area contributed by atoms with Gasteiger partial charge in [0.1, 0.15) is 28.6 Å². The van der Waals surface area contributed by atoms with Crippen LogP contribution in [0.2, 0.25) is 0 Å². The van der Waals surface area contributed by atoms with Crippen molar-refractivity contribution < 1.29 is 14.2 Å². The van der Waals surface area contributed by atoms with Crippen molar-refractivity contribution in [2.24, 2.45) is 0 Å². The van der Waals surface area contributed by atoms with Gasteiger partial charge in [0.2, 0.25) is 11.8 Å². The summed E-state index contributed by atoms with van der Waals surface area (Å²) in [5, 5.41) is 7.25. The summed E-state index contributed by atoms with van der Waals surface area (Å²) in [7, 11) is 1.63. The topological polar surface area (TPSA) is 63.3 Å². The number of ether oxygens (including phenoxy) is 3. The maximum atomic E-state index is 6.76. The van der Waals surface area contributed by atoms with Crippen LogP contribution in [-0.2, 0) is 5.41 Å². The van der Waals surface area contributed by atoms with Crippen molar-refractivity contribution in [3.63, 3.8) is 0 Å². The molecule has 53 heavy (non-hydrogen) atoms. The lowest BCUT2D eigenvalue weighted by atomic mass is 9.88. The van der Waals surface area contributed by atoms with Gasteiger partial charge in [0.15, 0.2) is 0 Å². The molecule has 8 aromatic rings. The minimum atomic E-state index is -0.0175. The van der Waals surface area contributed by atoms with Crippen molar-refractivity contribution in [2.75, 3.05) is 7.11 Å². The molecule has 0 spiro atoms. The summed E-state index contributed by atoms with van der Waals surface area (Å²) in [6.45, 7) is 11.0. The molecule has 0 unspecified atom stereocenters. The summed E-state index contributed by atoms with van der Waals surface area (Å²) >= 11 is 0. The third-order valence-corrected chi connectivity index (χ3v) is 9.57. The van der Waals surface area contributed by atoms with Gasteiger partial charge in [-0.1, -0.05) is 101 Å². The van der Waals surface area contributed by atoms with Gasteiger partial charge in [0, 0.05) is 29.1 Å². The molecule has 7 heteroatoms. The third kappa shape index (κ3) is 6.51. The lowest BCUT2D eigenvalue weighted by Crippen LogP contribution is -2.12. The van der Waals surface area contributed by atoms with Gasteiger partial charge < -0.3 is 14.2 Å². The molecule has 0 aliphatic heterocycles. The van der Waals surface area contributed by atoms with Gasteiger partial charge >= 0.3 is 0 Å². The van der Waals surface area contributed by atoms with Gasteiger partial charge in [0.25, 0.3) is 0 Å². The van der Waals surface area contributed by atoms with Crippen LogP contribution >= 0.6 is 0 Å². The molecule has 0 amide bonds. The fourth-order valence-electron chi connectivity index (χ4n) is 6.77. The first-order valence-corrected chi connectivity index (χ1v) is 18.0. The molecule has 3 aromatic heterocycles. The van der Waals surface area contributed by atoms with Gasteiger partial charge in [-0.3, -0.25) is 4.57 Å². The molecule has 264 valence electrons. The molecule has 3 heterocycles. The van der Waals surface area contributed by atoms with Crippen LogP contribution in [0.5, 0.6) is 29.0 Å². The van der Waals surface area contributed by atoms with E-state index in [4.69, 9.17) is 24.3 Å². The van der Waals surface area contributed by atoms with Crippen LogP contribution in [0.15, 0.2) is 140 Å². The van der Waals surface area contributed by atoms with E-state index in [1.165, 1.54) is 5.56 Å². The van der Waals surface area contributed by atoms with Crippen molar-refractivity contribution in [1.82, 2.24) is 19.3 Å². The molecule has 8 rings (SSSR count). The number of nitrogens with zero attached hydrogens (tertiary/aromatic N) is 4. The van der Waals surface area contributed by atoms with Gasteiger partial charge in [-0.15, -0.1) is 5.10 Å². The van der Waals surface area contributed by atoms with Crippen LogP contribution in [0.3, 0.4) is 0 Å². The van der Waals surface area contributed by atoms with E-state index < -0.39 is 0 Å². The summed E-state index contributed by atoms with van der Waals surface area (Å²) in [6.07, 6.45) is 1.90. The van der Waals surface area contributed by atoms with E-state index in [1.54, 1.807) is 7.11 Å². The summed E-state index contributed by atoms with van der Waals surface area (Å²) in [5.41, 5.74) is 6.89. The summed E-state index contributed by atoms with van der Waals surface area (Å²) in [4.78, 5) is 4.85. The zero-order chi connectivity index (χ0) is 36.7. The minimum Gasteiger partial charge on any atom is -0.479 e. The van der Waals surface area contributed by atoms with Gasteiger partial charge in [-0.2, -0.15) is 4.68 Å². The van der Waals surface area contributed by atoms with Crippen molar-refractivity contribution in [3.8, 4) is 51.6 Å². The lowest BCUT2D eigenvalue weighted by Gasteiger charge is -2.20. The zero-order valence-electron chi connectivity index (χ0n) is 30.9. The van der Waals surface area contributed by atoms with E-state index in [0.29, 0.717) is 29.0 Å². The van der Waals surface area contributed by atoms with E-state index in [9.17, 15) is 0 Å². The molecule has 0 saturated heterocycles. The quantitative estimate of drug-likeness (QED) is 0.150. The Bertz CT molecular complexity index is 2560. The Kier molecular flexibility index (Phi) is 8.71. The van der Waals surface area contributed by atoms with Crippen LogP contribution < -0.4 is 14.2 Å². The molecule has 0 fully saturated rings. The fourth-order valence-corrected chi connectivity index (χ4v) is 6.77. The van der Waals surface area contributed by atoms with Crippen molar-refractivity contribution in [3.05, 3.63) is 151 Å². The number of pyridine rings is 1. The Labute approximate surface area is 310 Å². The van der Waals surface area contributed by atoms with Crippen molar-refractivity contribution in [2.45, 2.75) is 46.0 Å². The number of hydrogen-bond acceptors (Lipinski definition) is 5. The number of benzene rings is 5. The standard InChI is InChI=1S/C46H42N4O3/c1-30(2)32-25-34(50-45(53-35-17-11-8-12-18-35)43(44(48-50)51-6)31-15-9-7-10-16-31)28-37(26-32)52-36-21-22-39-38-19-13-14-20-40(38)49(41(39)29-36)42-27-33(23-24-47-42)46(3,4)5/h7-30H,1-6H3. The second-order valence-corrected chi connectivity index (χ2v) is 14.6. The minimum absolute atomic E-state index is 0.0175. The van der Waals surface area contributed by atoms with Crippen LogP contribution in [0.1, 0.15) is 51.7 Å². The lowest BCUT2D eigenvalue weighted by molar-refractivity contribution is 0.394. The van der Waals surface area contributed by atoms with Gasteiger partial charge in [0.05, 0.1) is 23.8 Å². The highest BCUT2D eigenvalue weighted by Crippen LogP contribution is 2.43. The number of aromatic nitrogens is 4. The van der Waals surface area contributed by atoms with Gasteiger partial charge in [-0.05, 0) is 82.6 Å².